The third-order valence-corrected chi connectivity index (χ3v) is 2.63. The number of amides is 1. The molecule has 108 valence electrons. The Bertz CT molecular complexity index is 356. The molecule has 19 heavy (non-hydrogen) atoms. The average Bonchev–Trinajstić information content (AvgIpc) is 2.28. The molecule has 1 aliphatic rings. The summed E-state index contributed by atoms with van der Waals surface area (Å²) in [6.07, 6.45) is -0.438. The largest absolute Gasteiger partial charge is 0.463 e. The van der Waals surface area contributed by atoms with E-state index in [4.69, 9.17) is 14.2 Å². The zero-order valence-corrected chi connectivity index (χ0v) is 11.3. The summed E-state index contributed by atoms with van der Waals surface area (Å²) in [5.74, 6) is -1.03. The van der Waals surface area contributed by atoms with Crippen molar-refractivity contribution in [3.05, 3.63) is 0 Å². The highest BCUT2D eigenvalue weighted by atomic mass is 16.6. The van der Waals surface area contributed by atoms with Crippen LogP contribution in [-0.2, 0) is 28.6 Å². The average molecular weight is 273 g/mol. The number of carbonyl (C=O) groups excluding carboxylic acids is 3. The lowest BCUT2D eigenvalue weighted by molar-refractivity contribution is -0.165. The molecule has 7 nitrogen and oxygen atoms in total. The fourth-order valence-corrected chi connectivity index (χ4v) is 1.90. The molecule has 1 heterocycles. The number of nitrogens with one attached hydrogen (secondary N) is 1. The van der Waals surface area contributed by atoms with Gasteiger partial charge in [0.2, 0.25) is 5.91 Å². The van der Waals surface area contributed by atoms with E-state index in [1.165, 1.54) is 20.8 Å². The molecule has 0 spiro atoms. The summed E-state index contributed by atoms with van der Waals surface area (Å²) in [5, 5.41) is 2.67. The van der Waals surface area contributed by atoms with Crippen molar-refractivity contribution in [2.75, 3.05) is 13.2 Å². The highest BCUT2D eigenvalue weighted by Gasteiger charge is 2.34. The van der Waals surface area contributed by atoms with E-state index in [1.54, 1.807) is 0 Å². The first-order valence-electron chi connectivity index (χ1n) is 6.07. The Morgan fingerprint density at radius 2 is 1.89 bits per heavy atom. The smallest absolute Gasteiger partial charge is 0.302 e. The molecule has 3 atom stereocenters. The topological polar surface area (TPSA) is 90.9 Å². The minimum atomic E-state index is -0.476. The van der Waals surface area contributed by atoms with Gasteiger partial charge in [-0.2, -0.15) is 0 Å². The lowest BCUT2D eigenvalue weighted by atomic mass is 10.0. The fraction of sp³-hybridized carbons (Fsp3) is 0.750. The fourth-order valence-electron chi connectivity index (χ4n) is 1.90. The molecule has 0 aromatic heterocycles. The van der Waals surface area contributed by atoms with Crippen molar-refractivity contribution in [3.8, 4) is 0 Å². The van der Waals surface area contributed by atoms with Crippen LogP contribution in [0.25, 0.3) is 0 Å². The standard InChI is InChI=1S/C12H19NO6/c1-7(14)13-11-6-18-10(5-17-8(2)15)4-12(11)19-9(3)16/h10-12H,4-6H2,1-3H3,(H,13,14)/t10-,11-,12-/m0/s1. The Kier molecular flexibility index (Phi) is 5.75. The van der Waals surface area contributed by atoms with Crippen molar-refractivity contribution in [2.24, 2.45) is 0 Å². The summed E-state index contributed by atoms with van der Waals surface area (Å²) in [7, 11) is 0. The second-order valence-corrected chi connectivity index (χ2v) is 4.45. The number of hydrogen-bond donors (Lipinski definition) is 1. The van der Waals surface area contributed by atoms with Crippen LogP contribution in [0.4, 0.5) is 0 Å². The van der Waals surface area contributed by atoms with Gasteiger partial charge < -0.3 is 19.5 Å². The summed E-state index contributed by atoms with van der Waals surface area (Å²) >= 11 is 0. The summed E-state index contributed by atoms with van der Waals surface area (Å²) in [4.78, 5) is 32.9. The molecule has 1 fully saturated rings. The van der Waals surface area contributed by atoms with Crippen LogP contribution in [0.5, 0.6) is 0 Å². The first-order valence-corrected chi connectivity index (χ1v) is 6.07. The van der Waals surface area contributed by atoms with Gasteiger partial charge in [0.05, 0.1) is 18.8 Å². The first-order chi connectivity index (χ1) is 8.88. The molecule has 1 amide bonds. The van der Waals surface area contributed by atoms with E-state index in [9.17, 15) is 14.4 Å². The van der Waals surface area contributed by atoms with E-state index in [2.05, 4.69) is 5.32 Å². The molecule has 0 aliphatic carbocycles. The SMILES string of the molecule is CC(=O)N[C@H]1CO[C@H](COC(C)=O)C[C@@H]1OC(C)=O. The molecule has 1 rings (SSSR count). The maximum Gasteiger partial charge on any atom is 0.302 e. The molecular weight excluding hydrogens is 254 g/mol. The van der Waals surface area contributed by atoms with Crippen molar-refractivity contribution >= 4 is 17.8 Å². The van der Waals surface area contributed by atoms with Crippen LogP contribution < -0.4 is 5.32 Å². The van der Waals surface area contributed by atoms with Crippen LogP contribution in [0.15, 0.2) is 0 Å². The zero-order chi connectivity index (χ0) is 14.4. The Labute approximate surface area is 111 Å². The molecule has 0 aromatic rings. The Hall–Kier alpha value is -1.63. The molecular formula is C12H19NO6. The zero-order valence-electron chi connectivity index (χ0n) is 11.3. The monoisotopic (exact) mass is 273 g/mol. The van der Waals surface area contributed by atoms with Gasteiger partial charge in [0.1, 0.15) is 12.7 Å². The van der Waals surface area contributed by atoms with E-state index < -0.39 is 18.0 Å². The van der Waals surface area contributed by atoms with Crippen molar-refractivity contribution in [3.63, 3.8) is 0 Å². The van der Waals surface area contributed by atoms with Crippen LogP contribution >= 0.6 is 0 Å². The Morgan fingerprint density at radius 1 is 1.21 bits per heavy atom. The highest BCUT2D eigenvalue weighted by molar-refractivity contribution is 5.73. The third-order valence-electron chi connectivity index (χ3n) is 2.63. The van der Waals surface area contributed by atoms with Crippen LogP contribution in [0.1, 0.15) is 27.2 Å². The summed E-state index contributed by atoms with van der Waals surface area (Å²) in [6.45, 7) is 4.33. The van der Waals surface area contributed by atoms with Gasteiger partial charge >= 0.3 is 11.9 Å². The summed E-state index contributed by atoms with van der Waals surface area (Å²) in [6, 6.07) is -0.380. The van der Waals surface area contributed by atoms with Gasteiger partial charge in [-0.1, -0.05) is 0 Å². The van der Waals surface area contributed by atoms with Crippen molar-refractivity contribution < 1.29 is 28.6 Å². The molecule has 0 bridgehead atoms. The van der Waals surface area contributed by atoms with Crippen LogP contribution in [0, 0.1) is 0 Å². The lowest BCUT2D eigenvalue weighted by Crippen LogP contribution is -2.53. The summed E-state index contributed by atoms with van der Waals surface area (Å²) in [5.41, 5.74) is 0. The lowest BCUT2D eigenvalue weighted by Gasteiger charge is -2.35. The quantitative estimate of drug-likeness (QED) is 0.712. The van der Waals surface area contributed by atoms with Gasteiger partial charge in [0.25, 0.3) is 0 Å². The molecule has 0 radical (unpaired) electrons. The molecule has 0 unspecified atom stereocenters. The number of carbonyl (C=O) groups is 3. The Morgan fingerprint density at radius 3 is 2.42 bits per heavy atom. The minimum absolute atomic E-state index is 0.111. The Balaban J connectivity index is 2.56. The number of hydrogen-bond acceptors (Lipinski definition) is 6. The molecule has 1 saturated heterocycles. The van der Waals surface area contributed by atoms with Gasteiger partial charge in [-0.15, -0.1) is 0 Å². The third kappa shape index (κ3) is 5.69. The van der Waals surface area contributed by atoms with E-state index in [1.807, 2.05) is 0 Å². The van der Waals surface area contributed by atoms with Crippen LogP contribution in [-0.4, -0.2) is 49.3 Å². The summed E-state index contributed by atoms with van der Waals surface area (Å²) < 4.78 is 15.5. The van der Waals surface area contributed by atoms with Crippen molar-refractivity contribution in [2.45, 2.75) is 45.4 Å². The predicted molar refractivity (Wildman–Crippen MR) is 64.1 cm³/mol. The first kappa shape index (κ1) is 15.4. The van der Waals surface area contributed by atoms with Gasteiger partial charge in [-0.05, 0) is 0 Å². The molecule has 0 aromatic carbocycles. The van der Waals surface area contributed by atoms with E-state index in [0.29, 0.717) is 6.42 Å². The molecule has 7 heteroatoms. The highest BCUT2D eigenvalue weighted by Crippen LogP contribution is 2.18. The van der Waals surface area contributed by atoms with Crippen LogP contribution in [0.3, 0.4) is 0 Å². The molecule has 1 aliphatic heterocycles. The van der Waals surface area contributed by atoms with E-state index in [0.717, 1.165) is 0 Å². The molecule has 0 saturated carbocycles. The normalized spacial score (nSPS) is 26.4. The molecule has 1 N–H and O–H groups in total. The second kappa shape index (κ2) is 7.08. The van der Waals surface area contributed by atoms with Gasteiger partial charge in [-0.3, -0.25) is 14.4 Å². The van der Waals surface area contributed by atoms with Gasteiger partial charge in [0, 0.05) is 27.2 Å². The second-order valence-electron chi connectivity index (χ2n) is 4.45. The number of esters is 2. The maximum absolute atomic E-state index is 11.1. The van der Waals surface area contributed by atoms with E-state index in [-0.39, 0.29) is 31.3 Å². The van der Waals surface area contributed by atoms with E-state index >= 15 is 0 Å². The van der Waals surface area contributed by atoms with Crippen molar-refractivity contribution in [1.82, 2.24) is 5.32 Å². The van der Waals surface area contributed by atoms with Crippen LogP contribution in [0.2, 0.25) is 0 Å². The predicted octanol–water partition coefficient (Wildman–Crippen LogP) is -0.225. The maximum atomic E-state index is 11.1. The van der Waals surface area contributed by atoms with Crippen molar-refractivity contribution in [1.29, 1.82) is 0 Å². The minimum Gasteiger partial charge on any atom is -0.463 e. The number of rotatable bonds is 4. The van der Waals surface area contributed by atoms with Gasteiger partial charge in [0.15, 0.2) is 0 Å². The van der Waals surface area contributed by atoms with Gasteiger partial charge in [-0.25, -0.2) is 0 Å². The number of ether oxygens (including phenoxy) is 3.